The molecule has 0 radical (unpaired) electrons. The van der Waals surface area contributed by atoms with E-state index in [-0.39, 0.29) is 12.1 Å². The van der Waals surface area contributed by atoms with Crippen molar-refractivity contribution in [3.8, 4) is 11.1 Å². The van der Waals surface area contributed by atoms with Gasteiger partial charge in [-0.2, -0.15) is 4.31 Å². The van der Waals surface area contributed by atoms with Crippen LogP contribution in [0.25, 0.3) is 11.1 Å². The maximum atomic E-state index is 13.0. The van der Waals surface area contributed by atoms with Crippen LogP contribution >= 0.6 is 0 Å². The van der Waals surface area contributed by atoms with E-state index in [1.165, 1.54) is 4.31 Å². The first-order chi connectivity index (χ1) is 14.3. The van der Waals surface area contributed by atoms with Gasteiger partial charge in [-0.05, 0) is 54.2 Å². The molecule has 1 heterocycles. The van der Waals surface area contributed by atoms with Crippen molar-refractivity contribution in [3.05, 3.63) is 53.6 Å². The van der Waals surface area contributed by atoms with Crippen molar-refractivity contribution >= 4 is 16.0 Å². The van der Waals surface area contributed by atoms with Gasteiger partial charge in [-0.1, -0.05) is 37.3 Å². The lowest BCUT2D eigenvalue weighted by atomic mass is 10.00. The lowest BCUT2D eigenvalue weighted by Crippen LogP contribution is -2.31. The van der Waals surface area contributed by atoms with Gasteiger partial charge < -0.3 is 9.47 Å². The number of esters is 1. The number of aryl methyl sites for hydroxylation is 2. The van der Waals surface area contributed by atoms with Crippen molar-refractivity contribution in [2.75, 3.05) is 26.8 Å². The third kappa shape index (κ3) is 5.47. The SMILES string of the molecule is CCOC(=O)CCc1ccc(-c2ccc(S(=O)(=O)N(C)C[C@H]3CO3)c(CC)c2)cc1. The maximum Gasteiger partial charge on any atom is 0.306 e. The molecule has 0 aliphatic carbocycles. The molecule has 0 N–H and O–H groups in total. The molecule has 0 aromatic heterocycles. The number of sulfonamides is 1. The molecule has 0 unspecified atom stereocenters. The first-order valence-electron chi connectivity index (χ1n) is 10.3. The molecule has 0 saturated carbocycles. The second-order valence-corrected chi connectivity index (χ2v) is 9.43. The second-order valence-electron chi connectivity index (χ2n) is 7.42. The minimum absolute atomic E-state index is 0.0106. The van der Waals surface area contributed by atoms with Crippen molar-refractivity contribution in [2.45, 2.75) is 44.1 Å². The Morgan fingerprint density at radius 2 is 1.80 bits per heavy atom. The summed E-state index contributed by atoms with van der Waals surface area (Å²) in [6, 6.07) is 13.5. The second kappa shape index (κ2) is 9.73. The number of hydrogen-bond acceptors (Lipinski definition) is 5. The average Bonchev–Trinajstić information content (AvgIpc) is 3.56. The number of ether oxygens (including phenoxy) is 2. The van der Waals surface area contributed by atoms with Gasteiger partial charge >= 0.3 is 5.97 Å². The van der Waals surface area contributed by atoms with Crippen LogP contribution in [-0.2, 0) is 37.1 Å². The van der Waals surface area contributed by atoms with Gasteiger partial charge in [0.15, 0.2) is 0 Å². The molecule has 1 atom stereocenters. The van der Waals surface area contributed by atoms with E-state index in [2.05, 4.69) is 0 Å². The highest BCUT2D eigenvalue weighted by Crippen LogP contribution is 2.28. The number of carbonyl (C=O) groups excluding carboxylic acids is 1. The first-order valence-corrected chi connectivity index (χ1v) is 11.7. The fourth-order valence-electron chi connectivity index (χ4n) is 3.36. The lowest BCUT2D eigenvalue weighted by Gasteiger charge is -2.19. The molecule has 0 amide bonds. The van der Waals surface area contributed by atoms with Crippen LogP contribution in [0, 0.1) is 0 Å². The summed E-state index contributed by atoms with van der Waals surface area (Å²) < 4.78 is 37.4. The largest absolute Gasteiger partial charge is 0.466 e. The van der Waals surface area contributed by atoms with Gasteiger partial charge in [0.05, 0.1) is 24.2 Å². The Labute approximate surface area is 178 Å². The Morgan fingerprint density at radius 3 is 2.40 bits per heavy atom. The highest BCUT2D eigenvalue weighted by atomic mass is 32.2. The Kier molecular flexibility index (Phi) is 7.28. The minimum Gasteiger partial charge on any atom is -0.466 e. The zero-order chi connectivity index (χ0) is 21.7. The molecule has 0 spiro atoms. The van der Waals surface area contributed by atoms with E-state index in [9.17, 15) is 13.2 Å². The summed E-state index contributed by atoms with van der Waals surface area (Å²) in [5, 5.41) is 0. The lowest BCUT2D eigenvalue weighted by molar-refractivity contribution is -0.143. The Hall–Kier alpha value is -2.22. The number of hydrogen-bond donors (Lipinski definition) is 0. The third-order valence-corrected chi connectivity index (χ3v) is 7.13. The Morgan fingerprint density at radius 1 is 1.13 bits per heavy atom. The van der Waals surface area contributed by atoms with Crippen LogP contribution in [0.4, 0.5) is 0 Å². The van der Waals surface area contributed by atoms with Crippen molar-refractivity contribution in [1.29, 1.82) is 0 Å². The number of rotatable bonds is 10. The summed E-state index contributed by atoms with van der Waals surface area (Å²) in [6.07, 6.45) is 1.62. The molecular weight excluding hydrogens is 402 g/mol. The first kappa shape index (κ1) is 22.5. The fourth-order valence-corrected chi connectivity index (χ4v) is 4.83. The van der Waals surface area contributed by atoms with Crippen molar-refractivity contribution in [3.63, 3.8) is 0 Å². The molecule has 1 fully saturated rings. The molecule has 162 valence electrons. The molecule has 1 aliphatic heterocycles. The third-order valence-electron chi connectivity index (χ3n) is 5.20. The van der Waals surface area contributed by atoms with E-state index in [0.717, 1.165) is 22.3 Å². The predicted molar refractivity (Wildman–Crippen MR) is 116 cm³/mol. The number of nitrogens with zero attached hydrogens (tertiary/aromatic N) is 1. The number of carbonyl (C=O) groups is 1. The summed E-state index contributed by atoms with van der Waals surface area (Å²) in [5.41, 5.74) is 3.83. The van der Waals surface area contributed by atoms with Gasteiger partial charge in [-0.25, -0.2) is 8.42 Å². The highest BCUT2D eigenvalue weighted by Gasteiger charge is 2.31. The van der Waals surface area contributed by atoms with E-state index >= 15 is 0 Å². The Balaban J connectivity index is 1.76. The van der Waals surface area contributed by atoms with Crippen LogP contribution in [0.15, 0.2) is 47.4 Å². The molecule has 1 aliphatic rings. The summed E-state index contributed by atoms with van der Waals surface area (Å²) in [6.45, 7) is 5.15. The summed E-state index contributed by atoms with van der Waals surface area (Å²) in [4.78, 5) is 11.9. The molecular formula is C23H29NO5S. The van der Waals surface area contributed by atoms with Crippen LogP contribution in [0.1, 0.15) is 31.4 Å². The van der Waals surface area contributed by atoms with Gasteiger partial charge in [-0.15, -0.1) is 0 Å². The normalized spacial score (nSPS) is 15.9. The van der Waals surface area contributed by atoms with Gasteiger partial charge in [-0.3, -0.25) is 4.79 Å². The topological polar surface area (TPSA) is 76.2 Å². The van der Waals surface area contributed by atoms with E-state index < -0.39 is 10.0 Å². The van der Waals surface area contributed by atoms with Crippen LogP contribution in [0.5, 0.6) is 0 Å². The monoisotopic (exact) mass is 431 g/mol. The van der Waals surface area contributed by atoms with E-state index in [0.29, 0.717) is 43.9 Å². The van der Waals surface area contributed by atoms with Crippen LogP contribution in [0.3, 0.4) is 0 Å². The molecule has 6 nitrogen and oxygen atoms in total. The molecule has 3 rings (SSSR count). The summed E-state index contributed by atoms with van der Waals surface area (Å²) >= 11 is 0. The predicted octanol–water partition coefficient (Wildman–Crippen LogP) is 3.43. The number of epoxide rings is 1. The number of benzene rings is 2. The van der Waals surface area contributed by atoms with Crippen molar-refractivity contribution in [2.24, 2.45) is 0 Å². The summed E-state index contributed by atoms with van der Waals surface area (Å²) in [7, 11) is -1.96. The molecule has 0 bridgehead atoms. The van der Waals surface area contributed by atoms with Crippen LogP contribution in [-0.4, -0.2) is 51.6 Å². The fraction of sp³-hybridized carbons (Fsp3) is 0.435. The smallest absolute Gasteiger partial charge is 0.306 e. The van der Waals surface area contributed by atoms with Crippen LogP contribution in [0.2, 0.25) is 0 Å². The van der Waals surface area contributed by atoms with Gasteiger partial charge in [0, 0.05) is 20.0 Å². The number of likely N-dealkylation sites (N-methyl/N-ethyl adjacent to an activating group) is 1. The van der Waals surface area contributed by atoms with E-state index in [1.807, 2.05) is 43.3 Å². The average molecular weight is 432 g/mol. The minimum atomic E-state index is -3.55. The zero-order valence-electron chi connectivity index (χ0n) is 17.8. The van der Waals surface area contributed by atoms with Crippen LogP contribution < -0.4 is 0 Å². The summed E-state index contributed by atoms with van der Waals surface area (Å²) in [5.74, 6) is -0.191. The standard InChI is InChI=1S/C23H29NO5S/c1-4-18-14-20(11-12-22(18)30(26,27)24(3)15-21-16-29-21)19-9-6-17(7-10-19)8-13-23(25)28-5-2/h6-7,9-12,14,21H,4-5,8,13,15-16H2,1-3H3/t21-/m0/s1. The van der Waals surface area contributed by atoms with E-state index in [4.69, 9.17) is 9.47 Å². The maximum absolute atomic E-state index is 13.0. The molecule has 2 aromatic carbocycles. The zero-order valence-corrected chi connectivity index (χ0v) is 18.6. The van der Waals surface area contributed by atoms with Gasteiger partial charge in [0.25, 0.3) is 0 Å². The molecule has 7 heteroatoms. The van der Waals surface area contributed by atoms with Crippen molar-refractivity contribution < 1.29 is 22.7 Å². The van der Waals surface area contributed by atoms with Crippen molar-refractivity contribution in [1.82, 2.24) is 4.31 Å². The van der Waals surface area contributed by atoms with Gasteiger partial charge in [0.2, 0.25) is 10.0 Å². The Bertz CT molecular complexity index is 981. The molecule has 2 aromatic rings. The highest BCUT2D eigenvalue weighted by molar-refractivity contribution is 7.89. The van der Waals surface area contributed by atoms with Gasteiger partial charge in [0.1, 0.15) is 0 Å². The van der Waals surface area contributed by atoms with E-state index in [1.54, 1.807) is 20.0 Å². The molecule has 1 saturated heterocycles. The molecule has 30 heavy (non-hydrogen) atoms. The quantitative estimate of drug-likeness (QED) is 0.426.